The van der Waals surface area contributed by atoms with Crippen LogP contribution in [0, 0.1) is 0 Å². The number of benzene rings is 1. The van der Waals surface area contributed by atoms with Gasteiger partial charge in [0, 0.05) is 11.4 Å². The monoisotopic (exact) mass is 281 g/mol. The highest BCUT2D eigenvalue weighted by atomic mass is 14.7. The van der Waals surface area contributed by atoms with Gasteiger partial charge in [-0.2, -0.15) is 0 Å². The number of aromatic nitrogens is 1. The van der Waals surface area contributed by atoms with Crippen molar-refractivity contribution in [3.8, 4) is 0 Å². The van der Waals surface area contributed by atoms with Gasteiger partial charge in [-0.05, 0) is 61.9 Å². The van der Waals surface area contributed by atoms with E-state index >= 15 is 0 Å². The Hall–Kier alpha value is -1.71. The first-order valence-electron chi connectivity index (χ1n) is 7.84. The summed E-state index contributed by atoms with van der Waals surface area (Å²) in [5, 5.41) is 1.15. The summed E-state index contributed by atoms with van der Waals surface area (Å²) in [6.45, 7) is 0.607. The van der Waals surface area contributed by atoms with E-state index in [1.54, 1.807) is 0 Å². The number of nitrogens with zero attached hydrogens (tertiary/aromatic N) is 1. The Bertz CT molecular complexity index is 661. The number of nitrogens with two attached hydrogens (primary N) is 2. The topological polar surface area (TPSA) is 64.9 Å². The number of para-hydroxylation sites is 1. The summed E-state index contributed by atoms with van der Waals surface area (Å²) >= 11 is 0. The van der Waals surface area contributed by atoms with Crippen LogP contribution >= 0.6 is 0 Å². The maximum absolute atomic E-state index is 6.34. The van der Waals surface area contributed by atoms with Crippen LogP contribution in [0.1, 0.15) is 49.4 Å². The molecular weight excluding hydrogens is 258 g/mol. The van der Waals surface area contributed by atoms with Crippen LogP contribution < -0.4 is 11.5 Å². The summed E-state index contributed by atoms with van der Waals surface area (Å²) in [5.41, 5.74) is 16.7. The third-order valence-corrected chi connectivity index (χ3v) is 4.25. The van der Waals surface area contributed by atoms with Gasteiger partial charge in [0.1, 0.15) is 0 Å². The molecule has 1 aromatic carbocycles. The first-order valence-corrected chi connectivity index (χ1v) is 7.84. The molecule has 0 amide bonds. The van der Waals surface area contributed by atoms with Crippen molar-refractivity contribution in [3.05, 3.63) is 47.7 Å². The lowest BCUT2D eigenvalue weighted by Crippen LogP contribution is -2.16. The molecule has 1 atom stereocenters. The van der Waals surface area contributed by atoms with Gasteiger partial charge in [0.2, 0.25) is 0 Å². The number of rotatable bonds is 4. The van der Waals surface area contributed by atoms with Gasteiger partial charge >= 0.3 is 0 Å². The second-order valence-corrected chi connectivity index (χ2v) is 5.77. The zero-order chi connectivity index (χ0) is 14.7. The third-order valence-electron chi connectivity index (χ3n) is 4.25. The molecule has 0 aliphatic heterocycles. The fourth-order valence-corrected chi connectivity index (χ4v) is 3.08. The maximum atomic E-state index is 6.34. The highest BCUT2D eigenvalue weighted by molar-refractivity contribution is 5.85. The highest BCUT2D eigenvalue weighted by Gasteiger charge is 2.15. The first-order chi connectivity index (χ1) is 10.3. The average molecular weight is 281 g/mol. The van der Waals surface area contributed by atoms with Gasteiger partial charge in [-0.3, -0.25) is 0 Å². The quantitative estimate of drug-likeness (QED) is 0.901. The van der Waals surface area contributed by atoms with Gasteiger partial charge in [-0.1, -0.05) is 24.3 Å². The Kier molecular flexibility index (Phi) is 4.32. The molecule has 110 valence electrons. The molecule has 1 unspecified atom stereocenters. The van der Waals surface area contributed by atoms with Crippen LogP contribution in [0.5, 0.6) is 0 Å². The number of fused-ring (bicyclic) bond motifs is 1. The van der Waals surface area contributed by atoms with Crippen LogP contribution in [0.25, 0.3) is 16.5 Å². The van der Waals surface area contributed by atoms with Gasteiger partial charge in [0.15, 0.2) is 0 Å². The van der Waals surface area contributed by atoms with Crippen LogP contribution in [0.15, 0.2) is 36.4 Å². The molecule has 1 aromatic heterocycles. The molecule has 0 bridgehead atoms. The van der Waals surface area contributed by atoms with Crippen molar-refractivity contribution in [2.75, 3.05) is 6.54 Å². The Morgan fingerprint density at radius 1 is 1.19 bits per heavy atom. The summed E-state index contributed by atoms with van der Waals surface area (Å²) < 4.78 is 0. The molecule has 0 fully saturated rings. The number of allylic oxidation sites excluding steroid dienone is 2. The molecule has 0 spiro atoms. The Morgan fingerprint density at radius 2 is 2.05 bits per heavy atom. The molecular formula is C18H23N3. The molecule has 21 heavy (non-hydrogen) atoms. The minimum atomic E-state index is -0.0224. The number of pyridine rings is 1. The van der Waals surface area contributed by atoms with Gasteiger partial charge in [-0.15, -0.1) is 0 Å². The van der Waals surface area contributed by atoms with E-state index < -0.39 is 0 Å². The van der Waals surface area contributed by atoms with Gasteiger partial charge in [0.25, 0.3) is 0 Å². The fourth-order valence-electron chi connectivity index (χ4n) is 3.08. The van der Waals surface area contributed by atoms with E-state index in [0.717, 1.165) is 35.9 Å². The van der Waals surface area contributed by atoms with Crippen LogP contribution in [0.3, 0.4) is 0 Å². The van der Waals surface area contributed by atoms with E-state index in [2.05, 4.69) is 24.3 Å². The van der Waals surface area contributed by atoms with Crippen molar-refractivity contribution in [1.29, 1.82) is 0 Å². The minimum Gasteiger partial charge on any atom is -0.330 e. The summed E-state index contributed by atoms with van der Waals surface area (Å²) in [6.07, 6.45) is 7.96. The predicted octanol–water partition coefficient (Wildman–Crippen LogP) is 3.54. The smallest absolute Gasteiger partial charge is 0.0712 e. The van der Waals surface area contributed by atoms with Crippen LogP contribution in [0.4, 0.5) is 0 Å². The van der Waals surface area contributed by atoms with Gasteiger partial charge < -0.3 is 11.5 Å². The van der Waals surface area contributed by atoms with E-state index in [1.165, 1.54) is 24.0 Å². The maximum Gasteiger partial charge on any atom is 0.0712 e. The lowest BCUT2D eigenvalue weighted by atomic mass is 9.93. The minimum absolute atomic E-state index is 0.0224. The summed E-state index contributed by atoms with van der Waals surface area (Å²) in [5.74, 6) is 0. The van der Waals surface area contributed by atoms with E-state index in [-0.39, 0.29) is 6.04 Å². The molecule has 3 heteroatoms. The fraction of sp³-hybridized carbons (Fsp3) is 0.389. The lowest BCUT2D eigenvalue weighted by Gasteiger charge is -2.18. The lowest BCUT2D eigenvalue weighted by molar-refractivity contribution is 0.665. The van der Waals surface area contributed by atoms with E-state index in [4.69, 9.17) is 16.5 Å². The van der Waals surface area contributed by atoms with Gasteiger partial charge in [0.05, 0.1) is 11.2 Å². The van der Waals surface area contributed by atoms with E-state index in [9.17, 15) is 0 Å². The third kappa shape index (κ3) is 2.99. The van der Waals surface area contributed by atoms with Crippen LogP contribution in [-0.2, 0) is 0 Å². The first kappa shape index (κ1) is 14.2. The standard InChI is InChI=1S/C18H23N3/c19-11-10-16(20)15-12-18(13-6-2-1-3-7-13)21-17-9-5-4-8-14(15)17/h4-6,8-9,12,16H,1-3,7,10-11,19-20H2. The Morgan fingerprint density at radius 3 is 2.81 bits per heavy atom. The summed E-state index contributed by atoms with van der Waals surface area (Å²) in [6, 6.07) is 10.4. The second-order valence-electron chi connectivity index (χ2n) is 5.77. The Labute approximate surface area is 126 Å². The van der Waals surface area contributed by atoms with Crippen molar-refractivity contribution in [2.24, 2.45) is 11.5 Å². The number of hydrogen-bond acceptors (Lipinski definition) is 3. The molecule has 1 aliphatic rings. The van der Waals surface area contributed by atoms with Crippen molar-refractivity contribution < 1.29 is 0 Å². The average Bonchev–Trinajstić information content (AvgIpc) is 2.55. The normalized spacial score (nSPS) is 16.8. The molecule has 1 aliphatic carbocycles. The van der Waals surface area contributed by atoms with Crippen molar-refractivity contribution in [3.63, 3.8) is 0 Å². The predicted molar refractivity (Wildman–Crippen MR) is 88.8 cm³/mol. The van der Waals surface area contributed by atoms with Crippen LogP contribution in [-0.4, -0.2) is 11.5 Å². The Balaban J connectivity index is 2.12. The zero-order valence-corrected chi connectivity index (χ0v) is 12.4. The van der Waals surface area contributed by atoms with Gasteiger partial charge in [-0.25, -0.2) is 4.98 Å². The molecule has 4 N–H and O–H groups in total. The van der Waals surface area contributed by atoms with Crippen molar-refractivity contribution in [1.82, 2.24) is 4.98 Å². The van der Waals surface area contributed by atoms with E-state index in [1.807, 2.05) is 12.1 Å². The van der Waals surface area contributed by atoms with Crippen molar-refractivity contribution >= 4 is 16.5 Å². The summed E-state index contributed by atoms with van der Waals surface area (Å²) in [4.78, 5) is 4.85. The molecule has 3 rings (SSSR count). The molecule has 0 saturated heterocycles. The van der Waals surface area contributed by atoms with Crippen LogP contribution in [0.2, 0.25) is 0 Å². The highest BCUT2D eigenvalue weighted by Crippen LogP contribution is 2.31. The largest absolute Gasteiger partial charge is 0.330 e. The molecule has 2 aromatic rings. The zero-order valence-electron chi connectivity index (χ0n) is 12.4. The second kappa shape index (κ2) is 6.37. The summed E-state index contributed by atoms with van der Waals surface area (Å²) in [7, 11) is 0. The van der Waals surface area contributed by atoms with Crippen molar-refractivity contribution in [2.45, 2.75) is 38.1 Å². The molecule has 0 radical (unpaired) electrons. The SMILES string of the molecule is NCCC(N)c1cc(C2=CCCCC2)nc2ccccc12. The number of hydrogen-bond donors (Lipinski definition) is 2. The molecule has 3 nitrogen and oxygen atoms in total. The molecule has 0 saturated carbocycles. The van der Waals surface area contributed by atoms with E-state index in [0.29, 0.717) is 6.54 Å². The molecule has 1 heterocycles.